The Balaban J connectivity index is 2.37. The molecule has 0 heterocycles. The van der Waals surface area contributed by atoms with Crippen molar-refractivity contribution < 1.29 is 9.59 Å². The van der Waals surface area contributed by atoms with Crippen molar-refractivity contribution in [3.05, 3.63) is 77.4 Å². The molecule has 0 aliphatic rings. The molecule has 0 spiro atoms. The van der Waals surface area contributed by atoms with Crippen molar-refractivity contribution in [2.45, 2.75) is 13.8 Å². The maximum atomic E-state index is 12.3. The van der Waals surface area contributed by atoms with Gasteiger partial charge in [-0.3, -0.25) is 9.59 Å². The maximum absolute atomic E-state index is 12.3. The van der Waals surface area contributed by atoms with Crippen molar-refractivity contribution >= 4 is 17.4 Å². The van der Waals surface area contributed by atoms with E-state index in [-0.39, 0.29) is 11.7 Å². The van der Waals surface area contributed by atoms with E-state index in [4.69, 9.17) is 0 Å². The molecule has 1 N–H and O–H groups in total. The van der Waals surface area contributed by atoms with Gasteiger partial charge >= 0.3 is 0 Å². The summed E-state index contributed by atoms with van der Waals surface area (Å²) < 4.78 is 0. The molecule has 3 nitrogen and oxygen atoms in total. The van der Waals surface area contributed by atoms with Gasteiger partial charge in [0.15, 0.2) is 5.78 Å². The van der Waals surface area contributed by atoms with Crippen LogP contribution in [0.4, 0.5) is 0 Å². The van der Waals surface area contributed by atoms with Crippen LogP contribution in [-0.2, 0) is 4.79 Å². The fourth-order valence-corrected chi connectivity index (χ4v) is 1.94. The Morgan fingerprint density at radius 1 is 0.762 bits per heavy atom. The highest BCUT2D eigenvalue weighted by molar-refractivity contribution is 6.06. The Morgan fingerprint density at radius 3 is 1.71 bits per heavy atom. The van der Waals surface area contributed by atoms with E-state index in [0.29, 0.717) is 16.8 Å². The first-order valence-corrected chi connectivity index (χ1v) is 6.73. The predicted octanol–water partition coefficient (Wildman–Crippen LogP) is 3.44. The van der Waals surface area contributed by atoms with Crippen molar-refractivity contribution in [3.8, 4) is 0 Å². The molecule has 106 valence electrons. The first-order valence-electron chi connectivity index (χ1n) is 6.73. The van der Waals surface area contributed by atoms with Gasteiger partial charge in [0.2, 0.25) is 0 Å². The number of hydrogen-bond acceptors (Lipinski definition) is 2. The Kier molecular flexibility index (Phi) is 4.67. The molecule has 0 aliphatic heterocycles. The number of ketones is 1. The van der Waals surface area contributed by atoms with Crippen LogP contribution < -0.4 is 5.32 Å². The van der Waals surface area contributed by atoms with Crippen LogP contribution in [0.25, 0.3) is 5.70 Å². The molecular weight excluding hydrogens is 262 g/mol. The second kappa shape index (κ2) is 6.66. The summed E-state index contributed by atoms with van der Waals surface area (Å²) >= 11 is 0. The standard InChI is InChI=1S/C18H17NO2/c1-13(14(2)20)17(15-9-5-3-6-10-15)19-18(21)16-11-7-4-8-12-16/h3-12H,1-2H3,(H,19,21). The van der Waals surface area contributed by atoms with Gasteiger partial charge in [-0.15, -0.1) is 0 Å². The van der Waals surface area contributed by atoms with Crippen molar-refractivity contribution in [2.24, 2.45) is 0 Å². The molecule has 0 atom stereocenters. The van der Waals surface area contributed by atoms with E-state index in [1.807, 2.05) is 36.4 Å². The van der Waals surface area contributed by atoms with Gasteiger partial charge in [0.1, 0.15) is 0 Å². The average Bonchev–Trinajstić information content (AvgIpc) is 2.53. The number of rotatable bonds is 4. The molecule has 0 fully saturated rings. The third-order valence-corrected chi connectivity index (χ3v) is 3.24. The van der Waals surface area contributed by atoms with E-state index in [0.717, 1.165) is 5.56 Å². The monoisotopic (exact) mass is 279 g/mol. The molecule has 0 unspecified atom stereocenters. The van der Waals surface area contributed by atoms with E-state index >= 15 is 0 Å². The van der Waals surface area contributed by atoms with E-state index < -0.39 is 0 Å². The largest absolute Gasteiger partial charge is 0.321 e. The van der Waals surface area contributed by atoms with Crippen molar-refractivity contribution in [2.75, 3.05) is 0 Å². The minimum atomic E-state index is -0.227. The quantitative estimate of drug-likeness (QED) is 0.871. The van der Waals surface area contributed by atoms with Crippen molar-refractivity contribution in [1.82, 2.24) is 5.32 Å². The smallest absolute Gasteiger partial charge is 0.255 e. The lowest BCUT2D eigenvalue weighted by atomic mass is 10.0. The Bertz CT molecular complexity index is 673. The highest BCUT2D eigenvalue weighted by Gasteiger charge is 2.13. The number of amides is 1. The Morgan fingerprint density at radius 2 is 1.24 bits per heavy atom. The molecule has 2 aromatic carbocycles. The van der Waals surface area contributed by atoms with E-state index in [2.05, 4.69) is 5.32 Å². The highest BCUT2D eigenvalue weighted by Crippen LogP contribution is 2.17. The number of allylic oxidation sites excluding steroid dienone is 1. The number of hydrogen-bond donors (Lipinski definition) is 1. The summed E-state index contributed by atoms with van der Waals surface area (Å²) in [6.45, 7) is 3.21. The summed E-state index contributed by atoms with van der Waals surface area (Å²) in [7, 11) is 0. The molecule has 0 bridgehead atoms. The van der Waals surface area contributed by atoms with Crippen LogP contribution in [0.2, 0.25) is 0 Å². The molecule has 0 aromatic heterocycles. The van der Waals surface area contributed by atoms with Gasteiger partial charge in [-0.25, -0.2) is 0 Å². The normalized spacial score (nSPS) is 11.5. The van der Waals surface area contributed by atoms with Gasteiger partial charge in [-0.1, -0.05) is 48.5 Å². The summed E-state index contributed by atoms with van der Waals surface area (Å²) in [4.78, 5) is 24.0. The molecule has 3 heteroatoms. The van der Waals surface area contributed by atoms with Crippen molar-refractivity contribution in [1.29, 1.82) is 0 Å². The van der Waals surface area contributed by atoms with Gasteiger partial charge in [0.05, 0.1) is 5.70 Å². The lowest BCUT2D eigenvalue weighted by molar-refractivity contribution is -0.113. The molecular formula is C18H17NO2. The minimum absolute atomic E-state index is 0.0674. The zero-order valence-corrected chi connectivity index (χ0v) is 12.1. The van der Waals surface area contributed by atoms with Gasteiger partial charge in [-0.2, -0.15) is 0 Å². The lowest BCUT2D eigenvalue weighted by Gasteiger charge is -2.13. The van der Waals surface area contributed by atoms with Crippen LogP contribution in [0.3, 0.4) is 0 Å². The molecule has 0 aliphatic carbocycles. The first kappa shape index (κ1) is 14.7. The highest BCUT2D eigenvalue weighted by atomic mass is 16.1. The van der Waals surface area contributed by atoms with Crippen LogP contribution >= 0.6 is 0 Å². The Hall–Kier alpha value is -2.68. The third kappa shape index (κ3) is 3.66. The van der Waals surface area contributed by atoms with Gasteiger partial charge in [0.25, 0.3) is 5.91 Å². The minimum Gasteiger partial charge on any atom is -0.321 e. The SMILES string of the molecule is CC(=O)C(C)=C(NC(=O)c1ccccc1)c1ccccc1. The third-order valence-electron chi connectivity index (χ3n) is 3.24. The van der Waals surface area contributed by atoms with Crippen LogP contribution in [0, 0.1) is 0 Å². The molecule has 2 rings (SSSR count). The van der Waals surface area contributed by atoms with Crippen LogP contribution in [0.5, 0.6) is 0 Å². The maximum Gasteiger partial charge on any atom is 0.255 e. The van der Waals surface area contributed by atoms with Crippen LogP contribution in [-0.4, -0.2) is 11.7 Å². The number of Topliss-reactive ketones (excluding diaryl/α,β-unsaturated/α-hetero) is 1. The van der Waals surface area contributed by atoms with E-state index in [9.17, 15) is 9.59 Å². The second-order valence-electron chi connectivity index (χ2n) is 4.74. The predicted molar refractivity (Wildman–Crippen MR) is 83.6 cm³/mol. The van der Waals surface area contributed by atoms with Crippen LogP contribution in [0.1, 0.15) is 29.8 Å². The topological polar surface area (TPSA) is 46.2 Å². The summed E-state index contributed by atoms with van der Waals surface area (Å²) in [6.07, 6.45) is 0. The first-order chi connectivity index (χ1) is 10.1. The molecule has 21 heavy (non-hydrogen) atoms. The zero-order chi connectivity index (χ0) is 15.2. The van der Waals surface area contributed by atoms with E-state index in [1.165, 1.54) is 6.92 Å². The fraction of sp³-hybridized carbons (Fsp3) is 0.111. The summed E-state index contributed by atoms with van der Waals surface area (Å²) in [5.74, 6) is -0.294. The van der Waals surface area contributed by atoms with Crippen LogP contribution in [0.15, 0.2) is 66.2 Å². The summed E-state index contributed by atoms with van der Waals surface area (Å²) in [5, 5.41) is 2.85. The lowest BCUT2D eigenvalue weighted by Crippen LogP contribution is -2.24. The molecule has 0 saturated carbocycles. The summed E-state index contributed by atoms with van der Waals surface area (Å²) in [5.41, 5.74) is 2.46. The second-order valence-corrected chi connectivity index (χ2v) is 4.74. The number of carbonyl (C=O) groups excluding carboxylic acids is 2. The zero-order valence-electron chi connectivity index (χ0n) is 12.1. The number of benzene rings is 2. The van der Waals surface area contributed by atoms with Gasteiger partial charge in [-0.05, 0) is 31.5 Å². The molecule has 1 amide bonds. The average molecular weight is 279 g/mol. The van der Waals surface area contributed by atoms with Gasteiger partial charge in [0, 0.05) is 11.1 Å². The van der Waals surface area contributed by atoms with Gasteiger partial charge < -0.3 is 5.32 Å². The molecule has 2 aromatic rings. The van der Waals surface area contributed by atoms with E-state index in [1.54, 1.807) is 31.2 Å². The fourth-order valence-electron chi connectivity index (χ4n) is 1.94. The molecule has 0 radical (unpaired) electrons. The number of nitrogens with one attached hydrogen (secondary N) is 1. The molecule has 0 saturated heterocycles. The van der Waals surface area contributed by atoms with Crippen molar-refractivity contribution in [3.63, 3.8) is 0 Å². The number of carbonyl (C=O) groups is 2. The summed E-state index contributed by atoms with van der Waals surface area (Å²) in [6, 6.07) is 18.3. The Labute approximate surface area is 124 Å².